The molecule has 1 aliphatic rings. The fraction of sp³-hybridized carbons (Fsp3) is 0.733. The second-order valence-electron chi connectivity index (χ2n) is 6.80. The van der Waals surface area contributed by atoms with Crippen LogP contribution in [0, 0.1) is 0 Å². The van der Waals surface area contributed by atoms with Crippen LogP contribution in [0.1, 0.15) is 31.5 Å². The molecule has 1 aromatic rings. The number of aromatic nitrogens is 1. The molecule has 5 nitrogen and oxygen atoms in total. The van der Waals surface area contributed by atoms with Crippen molar-refractivity contribution in [2.24, 2.45) is 0 Å². The molecule has 1 fully saturated rings. The molecule has 0 aliphatic carbocycles. The Labute approximate surface area is 131 Å². The topological polar surface area (TPSA) is 48.5 Å². The van der Waals surface area contributed by atoms with Gasteiger partial charge in [-0.05, 0) is 0 Å². The summed E-state index contributed by atoms with van der Waals surface area (Å²) in [6, 6.07) is -0.0873. The summed E-state index contributed by atoms with van der Waals surface area (Å²) in [5, 5.41) is 6.54. The summed E-state index contributed by atoms with van der Waals surface area (Å²) in [5.74, 6) is 0.162. The van der Waals surface area contributed by atoms with E-state index in [1.807, 2.05) is 14.1 Å². The van der Waals surface area contributed by atoms with E-state index in [9.17, 15) is 4.79 Å². The Bertz CT molecular complexity index is 492. The summed E-state index contributed by atoms with van der Waals surface area (Å²) in [5.41, 5.74) is 1.21. The summed E-state index contributed by atoms with van der Waals surface area (Å²) in [4.78, 5) is 20.9. The number of likely N-dealkylation sites (N-methyl/N-ethyl adjacent to an activating group) is 1. The van der Waals surface area contributed by atoms with E-state index >= 15 is 0 Å². The average molecular weight is 310 g/mol. The molecule has 0 spiro atoms. The molecule has 1 aliphatic heterocycles. The highest BCUT2D eigenvalue weighted by atomic mass is 32.1. The molecule has 1 unspecified atom stereocenters. The SMILES string of the molecule is CN(C)C(=O)C1CNCCN1Cc1nc(C(C)(C)C)cs1. The highest BCUT2D eigenvalue weighted by Gasteiger charge is 2.30. The second kappa shape index (κ2) is 6.42. The fourth-order valence-electron chi connectivity index (χ4n) is 2.38. The number of hydrogen-bond donors (Lipinski definition) is 1. The minimum atomic E-state index is -0.0873. The van der Waals surface area contributed by atoms with Crippen LogP contribution in [-0.4, -0.2) is 60.5 Å². The second-order valence-corrected chi connectivity index (χ2v) is 7.74. The molecule has 1 amide bonds. The number of rotatable bonds is 3. The molecule has 0 saturated carbocycles. The molecular formula is C15H26N4OS. The van der Waals surface area contributed by atoms with E-state index < -0.39 is 0 Å². The molecule has 1 aromatic heterocycles. The average Bonchev–Trinajstić information content (AvgIpc) is 2.87. The number of nitrogens with zero attached hydrogens (tertiary/aromatic N) is 3. The van der Waals surface area contributed by atoms with Crippen molar-refractivity contribution in [1.82, 2.24) is 20.1 Å². The van der Waals surface area contributed by atoms with Crippen LogP contribution in [-0.2, 0) is 16.8 Å². The monoisotopic (exact) mass is 310 g/mol. The highest BCUT2D eigenvalue weighted by molar-refractivity contribution is 7.09. The van der Waals surface area contributed by atoms with Crippen molar-refractivity contribution >= 4 is 17.2 Å². The van der Waals surface area contributed by atoms with Gasteiger partial charge >= 0.3 is 0 Å². The van der Waals surface area contributed by atoms with Crippen LogP contribution in [0.2, 0.25) is 0 Å². The van der Waals surface area contributed by atoms with Crippen LogP contribution in [0.5, 0.6) is 0 Å². The van der Waals surface area contributed by atoms with Crippen molar-refractivity contribution < 1.29 is 4.79 Å². The van der Waals surface area contributed by atoms with Crippen molar-refractivity contribution in [2.75, 3.05) is 33.7 Å². The van der Waals surface area contributed by atoms with E-state index in [0.29, 0.717) is 6.54 Å². The molecule has 1 atom stereocenters. The Morgan fingerprint density at radius 2 is 2.24 bits per heavy atom. The number of amides is 1. The molecule has 21 heavy (non-hydrogen) atoms. The zero-order valence-electron chi connectivity index (χ0n) is 13.6. The van der Waals surface area contributed by atoms with Gasteiger partial charge in [0.15, 0.2) is 0 Å². The molecule has 6 heteroatoms. The third-order valence-corrected chi connectivity index (χ3v) is 4.57. The molecule has 118 valence electrons. The first-order chi connectivity index (χ1) is 9.79. The summed E-state index contributed by atoms with van der Waals surface area (Å²) in [7, 11) is 3.63. The van der Waals surface area contributed by atoms with Gasteiger partial charge in [-0.25, -0.2) is 4.98 Å². The van der Waals surface area contributed by atoms with Crippen molar-refractivity contribution in [3.05, 3.63) is 16.1 Å². The molecule has 2 heterocycles. The van der Waals surface area contributed by atoms with Crippen molar-refractivity contribution in [2.45, 2.75) is 38.8 Å². The first-order valence-electron chi connectivity index (χ1n) is 7.40. The van der Waals surface area contributed by atoms with E-state index in [-0.39, 0.29) is 17.4 Å². The molecule has 1 N–H and O–H groups in total. The van der Waals surface area contributed by atoms with Crippen LogP contribution in [0.15, 0.2) is 5.38 Å². The van der Waals surface area contributed by atoms with Crippen molar-refractivity contribution in [3.8, 4) is 0 Å². The molecule has 0 aromatic carbocycles. The summed E-state index contributed by atoms with van der Waals surface area (Å²) >= 11 is 1.69. The van der Waals surface area contributed by atoms with Gasteiger partial charge in [-0.3, -0.25) is 9.69 Å². The highest BCUT2D eigenvalue weighted by Crippen LogP contribution is 2.25. The van der Waals surface area contributed by atoms with Crippen LogP contribution in [0.3, 0.4) is 0 Å². The maximum absolute atomic E-state index is 12.3. The summed E-state index contributed by atoms with van der Waals surface area (Å²) in [6.45, 7) is 9.81. The minimum Gasteiger partial charge on any atom is -0.347 e. The molecule has 1 saturated heterocycles. The van der Waals surface area contributed by atoms with Gasteiger partial charge < -0.3 is 10.2 Å². The third kappa shape index (κ3) is 4.02. The standard InChI is InChI=1S/C15H26N4OS/c1-15(2,3)12-10-21-13(17-12)9-19-7-6-16-8-11(19)14(20)18(4)5/h10-11,16H,6-9H2,1-5H3. The zero-order valence-corrected chi connectivity index (χ0v) is 14.5. The molecule has 0 radical (unpaired) electrons. The lowest BCUT2D eigenvalue weighted by molar-refractivity contribution is -0.135. The quantitative estimate of drug-likeness (QED) is 0.914. The van der Waals surface area contributed by atoms with E-state index in [4.69, 9.17) is 4.98 Å². The van der Waals surface area contributed by atoms with Crippen molar-refractivity contribution in [3.63, 3.8) is 0 Å². The van der Waals surface area contributed by atoms with Gasteiger partial charge in [0, 0.05) is 44.5 Å². The van der Waals surface area contributed by atoms with Crippen LogP contribution in [0.4, 0.5) is 0 Å². The van der Waals surface area contributed by atoms with Crippen LogP contribution < -0.4 is 5.32 Å². The Balaban J connectivity index is 2.09. The smallest absolute Gasteiger partial charge is 0.240 e. The Kier molecular flexibility index (Phi) is 5.01. The maximum atomic E-state index is 12.3. The van der Waals surface area contributed by atoms with Gasteiger partial charge in [0.05, 0.1) is 12.2 Å². The van der Waals surface area contributed by atoms with E-state index in [2.05, 4.69) is 36.4 Å². The predicted molar refractivity (Wildman–Crippen MR) is 86.6 cm³/mol. The lowest BCUT2D eigenvalue weighted by Crippen LogP contribution is -2.57. The third-order valence-electron chi connectivity index (χ3n) is 3.74. The first kappa shape index (κ1) is 16.4. The molecule has 0 bridgehead atoms. The largest absolute Gasteiger partial charge is 0.347 e. The Morgan fingerprint density at radius 3 is 2.81 bits per heavy atom. The zero-order chi connectivity index (χ0) is 15.6. The number of piperazine rings is 1. The first-order valence-corrected chi connectivity index (χ1v) is 8.28. The van der Waals surface area contributed by atoms with Gasteiger partial charge in [-0.15, -0.1) is 11.3 Å². The Morgan fingerprint density at radius 1 is 1.52 bits per heavy atom. The van der Waals surface area contributed by atoms with E-state index in [0.717, 1.165) is 30.3 Å². The van der Waals surface area contributed by atoms with Gasteiger partial charge in [-0.2, -0.15) is 0 Å². The van der Waals surface area contributed by atoms with Gasteiger partial charge in [-0.1, -0.05) is 20.8 Å². The number of carbonyl (C=O) groups excluding carboxylic acids is 1. The molecular weight excluding hydrogens is 284 g/mol. The number of thiazole rings is 1. The summed E-state index contributed by atoms with van der Waals surface area (Å²) < 4.78 is 0. The van der Waals surface area contributed by atoms with Gasteiger partial charge in [0.25, 0.3) is 0 Å². The number of nitrogens with one attached hydrogen (secondary N) is 1. The lowest BCUT2D eigenvalue weighted by atomic mass is 9.93. The van der Waals surface area contributed by atoms with Gasteiger partial charge in [0.1, 0.15) is 11.0 Å². The van der Waals surface area contributed by atoms with E-state index in [1.54, 1.807) is 16.2 Å². The maximum Gasteiger partial charge on any atom is 0.240 e. The minimum absolute atomic E-state index is 0.0804. The lowest BCUT2D eigenvalue weighted by Gasteiger charge is -2.35. The normalized spacial score (nSPS) is 20.5. The van der Waals surface area contributed by atoms with Crippen molar-refractivity contribution in [1.29, 1.82) is 0 Å². The molecule has 2 rings (SSSR count). The van der Waals surface area contributed by atoms with Gasteiger partial charge in [0.2, 0.25) is 5.91 Å². The predicted octanol–water partition coefficient (Wildman–Crippen LogP) is 1.30. The van der Waals surface area contributed by atoms with Crippen LogP contribution >= 0.6 is 11.3 Å². The Hall–Kier alpha value is -0.980. The number of carbonyl (C=O) groups is 1. The summed E-state index contributed by atoms with van der Waals surface area (Å²) in [6.07, 6.45) is 0. The fourth-order valence-corrected chi connectivity index (χ4v) is 3.42. The van der Waals surface area contributed by atoms with Crippen LogP contribution in [0.25, 0.3) is 0 Å². The number of hydrogen-bond acceptors (Lipinski definition) is 5. The van der Waals surface area contributed by atoms with E-state index in [1.165, 1.54) is 0 Å².